The number of carbonyl (C=O) groups is 1. The van der Waals surface area contributed by atoms with Gasteiger partial charge >= 0.3 is 0 Å². The van der Waals surface area contributed by atoms with Crippen LogP contribution in [-0.4, -0.2) is 26.4 Å². The molecule has 0 aliphatic heterocycles. The van der Waals surface area contributed by atoms with Gasteiger partial charge in [-0.05, 0) is 56.2 Å². The Bertz CT molecular complexity index is 1020. The van der Waals surface area contributed by atoms with Gasteiger partial charge in [-0.25, -0.2) is 0 Å². The maximum Gasteiger partial charge on any atom is 0.234 e. The van der Waals surface area contributed by atoms with Crippen molar-refractivity contribution in [3.05, 3.63) is 57.6 Å². The second-order valence-electron chi connectivity index (χ2n) is 6.26. The van der Waals surface area contributed by atoms with Crippen molar-refractivity contribution in [1.82, 2.24) is 14.8 Å². The molecule has 0 fully saturated rings. The predicted molar refractivity (Wildman–Crippen MR) is 116 cm³/mol. The summed E-state index contributed by atoms with van der Waals surface area (Å²) in [6, 6.07) is 11.2. The normalized spacial score (nSPS) is 10.9. The number of benzene rings is 2. The van der Waals surface area contributed by atoms with Crippen LogP contribution in [0.4, 0.5) is 5.69 Å². The zero-order valence-electron chi connectivity index (χ0n) is 15.8. The number of carbonyl (C=O) groups excluding carboxylic acids is 1. The molecule has 0 aliphatic rings. The molecule has 0 unspecified atom stereocenters. The van der Waals surface area contributed by atoms with Crippen LogP contribution in [0, 0.1) is 13.8 Å². The fourth-order valence-electron chi connectivity index (χ4n) is 2.73. The van der Waals surface area contributed by atoms with Crippen LogP contribution in [-0.2, 0) is 11.3 Å². The van der Waals surface area contributed by atoms with Gasteiger partial charge in [0.25, 0.3) is 0 Å². The number of aromatic nitrogens is 3. The van der Waals surface area contributed by atoms with Gasteiger partial charge in [0.1, 0.15) is 0 Å². The van der Waals surface area contributed by atoms with E-state index in [0.29, 0.717) is 27.6 Å². The van der Waals surface area contributed by atoms with Gasteiger partial charge in [-0.3, -0.25) is 4.79 Å². The zero-order valence-corrected chi connectivity index (χ0v) is 18.1. The fraction of sp³-hybridized carbons (Fsp3) is 0.250. The summed E-state index contributed by atoms with van der Waals surface area (Å²) in [5.74, 6) is 0.853. The quantitative estimate of drug-likeness (QED) is 0.511. The van der Waals surface area contributed by atoms with Crippen molar-refractivity contribution < 1.29 is 4.79 Å². The van der Waals surface area contributed by atoms with Gasteiger partial charge in [-0.2, -0.15) is 0 Å². The molecule has 1 heterocycles. The number of aryl methyl sites for hydroxylation is 1. The summed E-state index contributed by atoms with van der Waals surface area (Å²) < 4.78 is 1.95. The van der Waals surface area contributed by atoms with E-state index in [0.717, 1.165) is 22.4 Å². The molecule has 0 aliphatic carbocycles. The van der Waals surface area contributed by atoms with E-state index in [9.17, 15) is 4.79 Å². The van der Waals surface area contributed by atoms with Gasteiger partial charge in [-0.15, -0.1) is 10.2 Å². The molecule has 8 heteroatoms. The van der Waals surface area contributed by atoms with Crippen LogP contribution in [0.3, 0.4) is 0 Å². The Morgan fingerprint density at radius 1 is 1.14 bits per heavy atom. The third kappa shape index (κ3) is 4.51. The topological polar surface area (TPSA) is 59.8 Å². The summed E-state index contributed by atoms with van der Waals surface area (Å²) in [4.78, 5) is 12.4. The van der Waals surface area contributed by atoms with Crippen molar-refractivity contribution in [3.63, 3.8) is 0 Å². The Labute approximate surface area is 178 Å². The number of thioether (sulfide) groups is 1. The third-order valence-corrected chi connectivity index (χ3v) is 6.13. The van der Waals surface area contributed by atoms with Crippen molar-refractivity contribution in [1.29, 1.82) is 0 Å². The number of nitrogens with zero attached hydrogens (tertiary/aromatic N) is 3. The summed E-state index contributed by atoms with van der Waals surface area (Å²) >= 11 is 13.5. The SMILES string of the molecule is CCn1c(SCC(=O)Nc2cccc(C)c2C)nnc1-c1ccc(Cl)c(Cl)c1. The number of hydrogen-bond acceptors (Lipinski definition) is 4. The first-order valence-corrected chi connectivity index (χ1v) is 10.5. The number of rotatable bonds is 6. The minimum absolute atomic E-state index is 0.0829. The molecule has 3 aromatic rings. The molecule has 3 rings (SSSR count). The van der Waals surface area contributed by atoms with Crippen molar-refractivity contribution >= 4 is 46.6 Å². The average molecular weight is 435 g/mol. The molecule has 0 bridgehead atoms. The van der Waals surface area contributed by atoms with Gasteiger partial charge in [0.2, 0.25) is 5.91 Å². The molecule has 0 saturated heterocycles. The van der Waals surface area contributed by atoms with Crippen LogP contribution in [0.5, 0.6) is 0 Å². The molecule has 146 valence electrons. The lowest BCUT2D eigenvalue weighted by Gasteiger charge is -2.11. The molecule has 28 heavy (non-hydrogen) atoms. The standard InChI is InChI=1S/C20H20Cl2N4OS/c1-4-26-19(14-8-9-15(21)16(22)10-14)24-25-20(26)28-11-18(27)23-17-7-5-6-12(2)13(17)3/h5-10H,4,11H2,1-3H3,(H,23,27). The molecular weight excluding hydrogens is 415 g/mol. The Kier molecular flexibility index (Phi) is 6.65. The molecule has 5 nitrogen and oxygen atoms in total. The van der Waals surface area contributed by atoms with Crippen molar-refractivity contribution in [2.75, 3.05) is 11.1 Å². The monoisotopic (exact) mass is 434 g/mol. The van der Waals surface area contributed by atoms with Gasteiger partial charge < -0.3 is 9.88 Å². The second kappa shape index (κ2) is 8.99. The van der Waals surface area contributed by atoms with E-state index in [4.69, 9.17) is 23.2 Å². The lowest BCUT2D eigenvalue weighted by Crippen LogP contribution is -2.15. The van der Waals surface area contributed by atoms with E-state index >= 15 is 0 Å². The van der Waals surface area contributed by atoms with Crippen molar-refractivity contribution in [3.8, 4) is 11.4 Å². The Balaban J connectivity index is 1.72. The van der Waals surface area contributed by atoms with Crippen LogP contribution in [0.25, 0.3) is 11.4 Å². The average Bonchev–Trinajstić information content (AvgIpc) is 3.09. The van der Waals surface area contributed by atoms with Crippen molar-refractivity contribution in [2.24, 2.45) is 0 Å². The first-order chi connectivity index (χ1) is 13.4. The summed E-state index contributed by atoms with van der Waals surface area (Å²) in [5.41, 5.74) is 3.87. The Hall–Kier alpha value is -2.02. The third-order valence-electron chi connectivity index (χ3n) is 4.42. The van der Waals surface area contributed by atoms with Crippen LogP contribution in [0.1, 0.15) is 18.1 Å². The molecular formula is C20H20Cl2N4OS. The number of hydrogen-bond donors (Lipinski definition) is 1. The largest absolute Gasteiger partial charge is 0.325 e. The molecule has 0 atom stereocenters. The highest BCUT2D eigenvalue weighted by molar-refractivity contribution is 7.99. The number of nitrogens with one attached hydrogen (secondary N) is 1. The second-order valence-corrected chi connectivity index (χ2v) is 8.02. The predicted octanol–water partition coefficient (Wildman–Crippen LogP) is 5.62. The first kappa shape index (κ1) is 20.7. The smallest absolute Gasteiger partial charge is 0.234 e. The Morgan fingerprint density at radius 3 is 2.64 bits per heavy atom. The number of amides is 1. The van der Waals surface area contributed by atoms with Crippen LogP contribution < -0.4 is 5.32 Å². The highest BCUT2D eigenvalue weighted by atomic mass is 35.5. The fourth-order valence-corrected chi connectivity index (χ4v) is 3.83. The van der Waals surface area contributed by atoms with E-state index in [-0.39, 0.29) is 11.7 Å². The van der Waals surface area contributed by atoms with Gasteiger partial charge in [0.05, 0.1) is 15.8 Å². The van der Waals surface area contributed by atoms with Gasteiger partial charge in [-0.1, -0.05) is 47.1 Å². The minimum atomic E-state index is -0.0829. The summed E-state index contributed by atoms with van der Waals surface area (Å²) in [6.45, 7) is 6.69. The zero-order chi connectivity index (χ0) is 20.3. The van der Waals surface area contributed by atoms with E-state index < -0.39 is 0 Å². The van der Waals surface area contributed by atoms with E-state index in [1.807, 2.05) is 49.6 Å². The number of halogens is 2. The number of anilines is 1. The van der Waals surface area contributed by atoms with E-state index in [2.05, 4.69) is 15.5 Å². The highest BCUT2D eigenvalue weighted by Crippen LogP contribution is 2.29. The van der Waals surface area contributed by atoms with Crippen LogP contribution in [0.15, 0.2) is 41.6 Å². The molecule has 1 aromatic heterocycles. The summed E-state index contributed by atoms with van der Waals surface area (Å²) in [7, 11) is 0. The molecule has 0 radical (unpaired) electrons. The van der Waals surface area contributed by atoms with Crippen molar-refractivity contribution in [2.45, 2.75) is 32.5 Å². The lowest BCUT2D eigenvalue weighted by molar-refractivity contribution is -0.113. The lowest BCUT2D eigenvalue weighted by atomic mass is 10.1. The maximum atomic E-state index is 12.4. The molecule has 1 amide bonds. The summed E-state index contributed by atoms with van der Waals surface area (Å²) in [6.07, 6.45) is 0. The van der Waals surface area contributed by atoms with Crippen LogP contribution >= 0.6 is 35.0 Å². The van der Waals surface area contributed by atoms with Gasteiger partial charge in [0, 0.05) is 17.8 Å². The summed E-state index contributed by atoms with van der Waals surface area (Å²) in [5, 5.41) is 13.1. The molecule has 1 N–H and O–H groups in total. The molecule has 0 saturated carbocycles. The molecule has 0 spiro atoms. The Morgan fingerprint density at radius 2 is 1.93 bits per heavy atom. The molecule has 2 aromatic carbocycles. The van der Waals surface area contributed by atoms with Crippen LogP contribution in [0.2, 0.25) is 10.0 Å². The minimum Gasteiger partial charge on any atom is -0.325 e. The maximum absolute atomic E-state index is 12.4. The van der Waals surface area contributed by atoms with E-state index in [1.54, 1.807) is 12.1 Å². The highest BCUT2D eigenvalue weighted by Gasteiger charge is 2.16. The van der Waals surface area contributed by atoms with Gasteiger partial charge in [0.15, 0.2) is 11.0 Å². The first-order valence-electron chi connectivity index (χ1n) is 8.78. The van der Waals surface area contributed by atoms with E-state index in [1.165, 1.54) is 11.8 Å².